The predicted octanol–water partition coefficient (Wildman–Crippen LogP) is 2.66. The summed E-state index contributed by atoms with van der Waals surface area (Å²) >= 11 is 0. The molecule has 1 rings (SSSR count). The highest BCUT2D eigenvalue weighted by Crippen LogP contribution is 2.13. The van der Waals surface area contributed by atoms with Crippen molar-refractivity contribution in [2.24, 2.45) is 5.92 Å². The molecule has 0 fully saturated rings. The molecule has 0 aromatic carbocycles. The van der Waals surface area contributed by atoms with Gasteiger partial charge in [0.05, 0.1) is 12.3 Å². The number of aromatic nitrogens is 2. The lowest BCUT2D eigenvalue weighted by Crippen LogP contribution is -2.27. The highest BCUT2D eigenvalue weighted by atomic mass is 16.5. The third-order valence-corrected chi connectivity index (χ3v) is 3.70. The lowest BCUT2D eigenvalue weighted by Gasteiger charge is -2.14. The minimum Gasteiger partial charge on any atom is -0.383 e. The van der Waals surface area contributed by atoms with Crippen molar-refractivity contribution in [1.29, 1.82) is 0 Å². The molecule has 0 saturated heterocycles. The fourth-order valence-corrected chi connectivity index (χ4v) is 2.06. The fraction of sp³-hybridized carbons (Fsp3) is 0.800. The van der Waals surface area contributed by atoms with Gasteiger partial charge in [0, 0.05) is 25.9 Å². The van der Waals surface area contributed by atoms with E-state index in [-0.39, 0.29) is 0 Å². The second-order valence-corrected chi connectivity index (χ2v) is 5.22. The lowest BCUT2D eigenvalue weighted by atomic mass is 10.0. The molecule has 4 nitrogen and oxygen atoms in total. The summed E-state index contributed by atoms with van der Waals surface area (Å²) in [5, 5.41) is 8.12. The maximum Gasteiger partial charge on any atom is 0.0627 e. The minimum atomic E-state index is 0.494. The van der Waals surface area contributed by atoms with Crippen LogP contribution in [0, 0.1) is 5.92 Å². The van der Waals surface area contributed by atoms with Crippen LogP contribution < -0.4 is 5.32 Å². The molecular formula is C15H29N3O. The van der Waals surface area contributed by atoms with Gasteiger partial charge >= 0.3 is 0 Å². The summed E-state index contributed by atoms with van der Waals surface area (Å²) in [5.74, 6) is 0.650. The number of rotatable bonds is 10. The van der Waals surface area contributed by atoms with E-state index in [4.69, 9.17) is 4.74 Å². The van der Waals surface area contributed by atoms with Crippen LogP contribution in [0.2, 0.25) is 0 Å². The Morgan fingerprint density at radius 2 is 2.16 bits per heavy atom. The maximum absolute atomic E-state index is 5.04. The smallest absolute Gasteiger partial charge is 0.0627 e. The largest absolute Gasteiger partial charge is 0.383 e. The van der Waals surface area contributed by atoms with Gasteiger partial charge in [-0.05, 0) is 38.3 Å². The van der Waals surface area contributed by atoms with E-state index in [1.54, 1.807) is 7.11 Å². The fourth-order valence-electron chi connectivity index (χ4n) is 2.06. The number of nitrogens with one attached hydrogen (secondary N) is 1. The summed E-state index contributed by atoms with van der Waals surface area (Å²) in [6, 6.07) is 2.65. The third-order valence-electron chi connectivity index (χ3n) is 3.70. The summed E-state index contributed by atoms with van der Waals surface area (Å²) in [6.45, 7) is 9.39. The Morgan fingerprint density at radius 3 is 2.79 bits per heavy atom. The number of methoxy groups -OCH3 is 1. The van der Waals surface area contributed by atoms with E-state index in [1.165, 1.54) is 12.1 Å². The van der Waals surface area contributed by atoms with Gasteiger partial charge in [-0.2, -0.15) is 5.10 Å². The first kappa shape index (κ1) is 16.2. The number of nitrogens with zero attached hydrogens (tertiary/aromatic N) is 2. The standard InChI is InChI=1S/C15H29N3O/c1-5-13(3)18-9-7-15(17-18)11-14(6-2)12-16-8-10-19-4/h7,9,13-14,16H,5-6,8,10-12H2,1-4H3. The quantitative estimate of drug-likeness (QED) is 0.662. The van der Waals surface area contributed by atoms with Crippen molar-refractivity contribution in [1.82, 2.24) is 15.1 Å². The molecule has 0 spiro atoms. The van der Waals surface area contributed by atoms with Crippen molar-refractivity contribution in [2.45, 2.75) is 46.1 Å². The Bertz CT molecular complexity index is 338. The molecule has 2 atom stereocenters. The first-order chi connectivity index (χ1) is 9.21. The van der Waals surface area contributed by atoms with Crippen LogP contribution >= 0.6 is 0 Å². The van der Waals surface area contributed by atoms with E-state index in [0.717, 1.165) is 32.5 Å². The molecule has 0 radical (unpaired) electrons. The van der Waals surface area contributed by atoms with Gasteiger partial charge < -0.3 is 10.1 Å². The first-order valence-electron chi connectivity index (χ1n) is 7.44. The average molecular weight is 267 g/mol. The van der Waals surface area contributed by atoms with Crippen LogP contribution in [0.5, 0.6) is 0 Å². The first-order valence-corrected chi connectivity index (χ1v) is 7.44. The molecule has 1 aromatic rings. The summed E-state index contributed by atoms with van der Waals surface area (Å²) in [6.07, 6.45) is 5.46. The topological polar surface area (TPSA) is 39.1 Å². The van der Waals surface area contributed by atoms with Crippen LogP contribution in [0.4, 0.5) is 0 Å². The highest BCUT2D eigenvalue weighted by molar-refractivity contribution is 5.01. The van der Waals surface area contributed by atoms with E-state index in [9.17, 15) is 0 Å². The van der Waals surface area contributed by atoms with Crippen LogP contribution in [-0.2, 0) is 11.2 Å². The molecule has 0 saturated carbocycles. The van der Waals surface area contributed by atoms with Crippen molar-refractivity contribution in [3.8, 4) is 0 Å². The van der Waals surface area contributed by atoms with Crippen molar-refractivity contribution in [2.75, 3.05) is 26.8 Å². The minimum absolute atomic E-state index is 0.494. The monoisotopic (exact) mass is 267 g/mol. The van der Waals surface area contributed by atoms with E-state index in [2.05, 4.69) is 48.1 Å². The molecule has 1 aromatic heterocycles. The van der Waals surface area contributed by atoms with Crippen molar-refractivity contribution >= 4 is 0 Å². The van der Waals surface area contributed by atoms with Gasteiger partial charge in [-0.25, -0.2) is 0 Å². The molecule has 0 aliphatic rings. The van der Waals surface area contributed by atoms with Gasteiger partial charge in [-0.1, -0.05) is 20.3 Å². The Balaban J connectivity index is 2.40. The summed E-state index contributed by atoms with van der Waals surface area (Å²) < 4.78 is 7.12. The maximum atomic E-state index is 5.04. The number of ether oxygens (including phenoxy) is 1. The Labute approximate surface area is 117 Å². The SMILES string of the molecule is CCC(CNCCOC)Cc1ccn(C(C)CC)n1. The van der Waals surface area contributed by atoms with E-state index in [1.807, 2.05) is 0 Å². The van der Waals surface area contributed by atoms with Gasteiger partial charge in [0.1, 0.15) is 0 Å². The number of hydrogen-bond donors (Lipinski definition) is 1. The van der Waals surface area contributed by atoms with Gasteiger partial charge in [-0.3, -0.25) is 4.68 Å². The van der Waals surface area contributed by atoms with Gasteiger partial charge in [0.2, 0.25) is 0 Å². The van der Waals surface area contributed by atoms with E-state index in [0.29, 0.717) is 12.0 Å². The Kier molecular flexibility index (Phi) is 7.75. The molecule has 0 aliphatic carbocycles. The van der Waals surface area contributed by atoms with Crippen LogP contribution in [0.25, 0.3) is 0 Å². The average Bonchev–Trinajstić information content (AvgIpc) is 2.89. The third kappa shape index (κ3) is 5.74. The molecule has 1 heterocycles. The van der Waals surface area contributed by atoms with Crippen LogP contribution in [0.3, 0.4) is 0 Å². The normalized spacial score (nSPS) is 14.5. The zero-order valence-electron chi connectivity index (χ0n) is 12.9. The van der Waals surface area contributed by atoms with E-state index < -0.39 is 0 Å². The Morgan fingerprint density at radius 1 is 1.37 bits per heavy atom. The zero-order valence-corrected chi connectivity index (χ0v) is 12.9. The summed E-state index contributed by atoms with van der Waals surface area (Å²) in [7, 11) is 1.74. The molecule has 4 heteroatoms. The van der Waals surface area contributed by atoms with Crippen LogP contribution in [0.15, 0.2) is 12.3 Å². The molecule has 0 bridgehead atoms. The predicted molar refractivity (Wildman–Crippen MR) is 79.5 cm³/mol. The van der Waals surface area contributed by atoms with Crippen LogP contribution in [0.1, 0.15) is 45.3 Å². The molecule has 0 aliphatic heterocycles. The lowest BCUT2D eigenvalue weighted by molar-refractivity contribution is 0.197. The Hall–Kier alpha value is -0.870. The van der Waals surface area contributed by atoms with Crippen molar-refractivity contribution in [3.05, 3.63) is 18.0 Å². The molecule has 19 heavy (non-hydrogen) atoms. The van der Waals surface area contributed by atoms with Crippen molar-refractivity contribution < 1.29 is 4.74 Å². The molecular weight excluding hydrogens is 238 g/mol. The highest BCUT2D eigenvalue weighted by Gasteiger charge is 2.10. The molecule has 0 amide bonds. The zero-order chi connectivity index (χ0) is 14.1. The molecule has 110 valence electrons. The summed E-state index contributed by atoms with van der Waals surface area (Å²) in [4.78, 5) is 0. The number of hydrogen-bond acceptors (Lipinski definition) is 3. The molecule has 1 N–H and O–H groups in total. The second-order valence-electron chi connectivity index (χ2n) is 5.22. The van der Waals surface area contributed by atoms with Gasteiger partial charge in [0.25, 0.3) is 0 Å². The van der Waals surface area contributed by atoms with Gasteiger partial charge in [-0.15, -0.1) is 0 Å². The van der Waals surface area contributed by atoms with Crippen molar-refractivity contribution in [3.63, 3.8) is 0 Å². The van der Waals surface area contributed by atoms with E-state index >= 15 is 0 Å². The van der Waals surface area contributed by atoms with Crippen LogP contribution in [-0.4, -0.2) is 36.6 Å². The van der Waals surface area contributed by atoms with Gasteiger partial charge in [0.15, 0.2) is 0 Å². The molecule has 2 unspecified atom stereocenters. The summed E-state index contributed by atoms with van der Waals surface area (Å²) in [5.41, 5.74) is 1.21. The second kappa shape index (κ2) is 9.10.